The number of hydrogen-bond acceptors (Lipinski definition) is 3. The van der Waals surface area contributed by atoms with Crippen molar-refractivity contribution < 1.29 is 4.74 Å². The summed E-state index contributed by atoms with van der Waals surface area (Å²) in [5.41, 5.74) is 2.49. The molecule has 0 saturated carbocycles. The van der Waals surface area contributed by atoms with Crippen molar-refractivity contribution in [1.29, 1.82) is 0 Å². The van der Waals surface area contributed by atoms with Crippen molar-refractivity contribution in [1.82, 2.24) is 10.6 Å². The first-order valence-electron chi connectivity index (χ1n) is 10.2. The van der Waals surface area contributed by atoms with Crippen LogP contribution >= 0.6 is 24.0 Å². The molecule has 2 aromatic carbocycles. The molecule has 1 saturated heterocycles. The van der Waals surface area contributed by atoms with Gasteiger partial charge < -0.3 is 20.3 Å². The standard InChI is InChI=1S/C23H32N4O.HI/c1-19-9-6-7-12-22(19)28-18-8-15-25-23(24-2)26-20-13-16-27(17-14-20)21-10-4-3-5-11-21;/h3-7,9-12,20H,8,13-18H2,1-2H3,(H2,24,25,26);1H. The van der Waals surface area contributed by atoms with Crippen LogP contribution < -0.4 is 20.3 Å². The highest BCUT2D eigenvalue weighted by Crippen LogP contribution is 2.19. The minimum Gasteiger partial charge on any atom is -0.493 e. The lowest BCUT2D eigenvalue weighted by Crippen LogP contribution is -2.49. The summed E-state index contributed by atoms with van der Waals surface area (Å²) in [7, 11) is 1.83. The summed E-state index contributed by atoms with van der Waals surface area (Å²) in [6.07, 6.45) is 3.17. The average molecular weight is 508 g/mol. The van der Waals surface area contributed by atoms with Gasteiger partial charge in [-0.15, -0.1) is 24.0 Å². The van der Waals surface area contributed by atoms with Gasteiger partial charge in [-0.1, -0.05) is 36.4 Å². The number of nitrogens with one attached hydrogen (secondary N) is 2. The molecule has 2 N–H and O–H groups in total. The van der Waals surface area contributed by atoms with Gasteiger partial charge in [0.05, 0.1) is 6.61 Å². The summed E-state index contributed by atoms with van der Waals surface area (Å²) in [5.74, 6) is 1.85. The van der Waals surface area contributed by atoms with Gasteiger partial charge in [0.15, 0.2) is 5.96 Å². The third-order valence-corrected chi connectivity index (χ3v) is 5.15. The van der Waals surface area contributed by atoms with Crippen LogP contribution in [0.3, 0.4) is 0 Å². The second-order valence-electron chi connectivity index (χ2n) is 7.21. The fourth-order valence-corrected chi connectivity index (χ4v) is 3.49. The van der Waals surface area contributed by atoms with E-state index in [1.165, 1.54) is 11.3 Å². The quantitative estimate of drug-likeness (QED) is 0.255. The fourth-order valence-electron chi connectivity index (χ4n) is 3.49. The number of aliphatic imine (C=N–C) groups is 1. The number of rotatable bonds is 7. The Kier molecular flexibility index (Phi) is 10.1. The predicted octanol–water partition coefficient (Wildman–Crippen LogP) is 4.22. The van der Waals surface area contributed by atoms with Crippen LogP contribution in [-0.2, 0) is 0 Å². The van der Waals surface area contributed by atoms with Crippen LogP contribution in [0.4, 0.5) is 5.69 Å². The molecule has 3 rings (SSSR count). The predicted molar refractivity (Wildman–Crippen MR) is 133 cm³/mol. The maximum absolute atomic E-state index is 5.85. The monoisotopic (exact) mass is 508 g/mol. The first kappa shape index (κ1) is 23.3. The van der Waals surface area contributed by atoms with E-state index in [0.29, 0.717) is 12.6 Å². The van der Waals surface area contributed by atoms with Gasteiger partial charge in [-0.25, -0.2) is 0 Å². The molecule has 0 aromatic heterocycles. The number of nitrogens with zero attached hydrogens (tertiary/aromatic N) is 2. The molecule has 0 amide bonds. The second kappa shape index (κ2) is 12.6. The molecule has 5 nitrogen and oxygen atoms in total. The molecule has 0 bridgehead atoms. The molecule has 1 fully saturated rings. The fraction of sp³-hybridized carbons (Fsp3) is 0.435. The van der Waals surface area contributed by atoms with E-state index in [4.69, 9.17) is 4.74 Å². The molecule has 29 heavy (non-hydrogen) atoms. The molecular weight excluding hydrogens is 475 g/mol. The van der Waals surface area contributed by atoms with Crippen molar-refractivity contribution in [2.75, 3.05) is 38.2 Å². The average Bonchev–Trinajstić information content (AvgIpc) is 2.75. The van der Waals surface area contributed by atoms with Crippen molar-refractivity contribution in [2.45, 2.75) is 32.2 Å². The summed E-state index contributed by atoms with van der Waals surface area (Å²) in [6, 6.07) is 19.3. The molecule has 1 aliphatic rings. The Morgan fingerprint density at radius 3 is 2.45 bits per heavy atom. The topological polar surface area (TPSA) is 48.9 Å². The molecule has 0 atom stereocenters. The van der Waals surface area contributed by atoms with Gasteiger partial charge in [-0.05, 0) is 49.9 Å². The molecule has 1 aliphatic heterocycles. The summed E-state index contributed by atoms with van der Waals surface area (Å²) in [5, 5.41) is 6.97. The van der Waals surface area contributed by atoms with E-state index in [1.807, 2.05) is 25.2 Å². The molecule has 6 heteroatoms. The van der Waals surface area contributed by atoms with Crippen LogP contribution in [0, 0.1) is 6.92 Å². The third-order valence-electron chi connectivity index (χ3n) is 5.15. The van der Waals surface area contributed by atoms with Crippen molar-refractivity contribution in [3.63, 3.8) is 0 Å². The Bertz CT molecular complexity index is 746. The van der Waals surface area contributed by atoms with Crippen molar-refractivity contribution in [3.05, 3.63) is 60.2 Å². The van der Waals surface area contributed by atoms with E-state index in [9.17, 15) is 0 Å². The number of hydrogen-bond donors (Lipinski definition) is 2. The Labute approximate surface area is 192 Å². The van der Waals surface area contributed by atoms with Crippen LogP contribution in [0.1, 0.15) is 24.8 Å². The highest BCUT2D eigenvalue weighted by atomic mass is 127. The molecular formula is C23H33IN4O. The molecule has 0 unspecified atom stereocenters. The Morgan fingerprint density at radius 2 is 1.76 bits per heavy atom. The molecule has 0 spiro atoms. The number of guanidine groups is 1. The molecule has 1 heterocycles. The van der Waals surface area contributed by atoms with E-state index in [1.54, 1.807) is 0 Å². The second-order valence-corrected chi connectivity index (χ2v) is 7.21. The zero-order valence-corrected chi connectivity index (χ0v) is 19.8. The van der Waals surface area contributed by atoms with Crippen LogP contribution in [0.5, 0.6) is 5.75 Å². The smallest absolute Gasteiger partial charge is 0.191 e. The van der Waals surface area contributed by atoms with Crippen LogP contribution in [0.2, 0.25) is 0 Å². The van der Waals surface area contributed by atoms with E-state index >= 15 is 0 Å². The summed E-state index contributed by atoms with van der Waals surface area (Å²) in [6.45, 7) is 5.76. The minimum absolute atomic E-state index is 0. The van der Waals surface area contributed by atoms with Gasteiger partial charge in [0.1, 0.15) is 5.75 Å². The maximum atomic E-state index is 5.85. The number of aryl methyl sites for hydroxylation is 1. The van der Waals surface area contributed by atoms with Gasteiger partial charge in [-0.2, -0.15) is 0 Å². The lowest BCUT2D eigenvalue weighted by Gasteiger charge is -2.34. The van der Waals surface area contributed by atoms with Crippen molar-refractivity contribution in [2.24, 2.45) is 4.99 Å². The highest BCUT2D eigenvalue weighted by molar-refractivity contribution is 14.0. The van der Waals surface area contributed by atoms with Gasteiger partial charge in [0.2, 0.25) is 0 Å². The first-order valence-corrected chi connectivity index (χ1v) is 10.2. The molecule has 2 aromatic rings. The van der Waals surface area contributed by atoms with E-state index in [0.717, 1.165) is 50.6 Å². The zero-order valence-electron chi connectivity index (χ0n) is 17.4. The lowest BCUT2D eigenvalue weighted by molar-refractivity contribution is 0.309. The number of anilines is 1. The minimum atomic E-state index is 0. The van der Waals surface area contributed by atoms with E-state index in [-0.39, 0.29) is 24.0 Å². The van der Waals surface area contributed by atoms with Gasteiger partial charge in [-0.3, -0.25) is 4.99 Å². The van der Waals surface area contributed by atoms with E-state index in [2.05, 4.69) is 63.8 Å². The van der Waals surface area contributed by atoms with Crippen molar-refractivity contribution in [3.8, 4) is 5.75 Å². The Hall–Kier alpha value is -1.96. The van der Waals surface area contributed by atoms with E-state index < -0.39 is 0 Å². The normalized spacial score (nSPS) is 14.8. The number of piperidine rings is 1. The first-order chi connectivity index (χ1) is 13.8. The molecule has 0 aliphatic carbocycles. The summed E-state index contributed by atoms with van der Waals surface area (Å²) < 4.78 is 5.85. The number of benzene rings is 2. The zero-order chi connectivity index (χ0) is 19.6. The number of ether oxygens (including phenoxy) is 1. The van der Waals surface area contributed by atoms with Gasteiger partial charge in [0, 0.05) is 38.4 Å². The number of para-hydroxylation sites is 2. The van der Waals surface area contributed by atoms with Crippen LogP contribution in [-0.4, -0.2) is 45.3 Å². The number of halogens is 1. The van der Waals surface area contributed by atoms with Crippen LogP contribution in [0.25, 0.3) is 0 Å². The molecule has 158 valence electrons. The van der Waals surface area contributed by atoms with Gasteiger partial charge in [0.25, 0.3) is 0 Å². The Balaban J connectivity index is 0.00000300. The highest BCUT2D eigenvalue weighted by Gasteiger charge is 2.20. The Morgan fingerprint density at radius 1 is 1.07 bits per heavy atom. The van der Waals surface area contributed by atoms with Gasteiger partial charge >= 0.3 is 0 Å². The third kappa shape index (κ3) is 7.42. The van der Waals surface area contributed by atoms with Crippen LogP contribution in [0.15, 0.2) is 59.6 Å². The SMILES string of the molecule is CN=C(NCCCOc1ccccc1C)NC1CCN(c2ccccc2)CC1.I. The molecule has 0 radical (unpaired) electrons. The largest absolute Gasteiger partial charge is 0.493 e. The lowest BCUT2D eigenvalue weighted by atomic mass is 10.0. The van der Waals surface area contributed by atoms with Crippen molar-refractivity contribution >= 4 is 35.6 Å². The summed E-state index contributed by atoms with van der Waals surface area (Å²) >= 11 is 0. The summed E-state index contributed by atoms with van der Waals surface area (Å²) in [4.78, 5) is 6.82. The maximum Gasteiger partial charge on any atom is 0.191 e.